The van der Waals surface area contributed by atoms with Crippen LogP contribution in [0.15, 0.2) is 21.7 Å². The van der Waals surface area contributed by atoms with Crippen LogP contribution < -0.4 is 15.6 Å². The third-order valence-corrected chi connectivity index (χ3v) is 6.40. The normalized spacial score (nSPS) is 12.4. The molecule has 9 nitrogen and oxygen atoms in total. The fourth-order valence-corrected chi connectivity index (χ4v) is 4.27. The maximum atomic E-state index is 14.9. The van der Waals surface area contributed by atoms with Crippen LogP contribution in [0.5, 0.6) is 0 Å². The first-order chi connectivity index (χ1) is 15.4. The van der Waals surface area contributed by atoms with Crippen LogP contribution in [-0.2, 0) is 28.0 Å². The van der Waals surface area contributed by atoms with Gasteiger partial charge in [0.1, 0.15) is 17.6 Å². The minimum Gasteiger partial charge on any atom is -0.292 e. The Morgan fingerprint density at radius 1 is 1.21 bits per heavy atom. The minimum absolute atomic E-state index is 0.0505. The smallest absolute Gasteiger partial charge is 0.292 e. The molecule has 0 saturated carbocycles. The van der Waals surface area contributed by atoms with Crippen molar-refractivity contribution in [3.63, 3.8) is 0 Å². The lowest BCUT2D eigenvalue weighted by molar-refractivity contribution is -0.143. The number of carbonyl (C=O) groups is 1. The molecule has 0 saturated heterocycles. The molecule has 0 fully saturated rings. The molecule has 34 heavy (non-hydrogen) atoms. The Hall–Kier alpha value is -3.47. The molecule has 0 aliphatic carbocycles. The number of benzene rings is 1. The standard InChI is InChI=1S/C20H20F4N4O5S/c1-6-34(32,33)28(17(30)19(2,3)4)13-8-11(12(21)7-10(13)9-25)14-15(20(22,23)24)27(5)18(31)26-16(14)29/h7-8H,6H2,1-5H3,(H,26,29,31). The molecule has 0 unspecified atom stereocenters. The van der Waals surface area contributed by atoms with Crippen LogP contribution >= 0.6 is 0 Å². The molecule has 14 heteroatoms. The monoisotopic (exact) mass is 504 g/mol. The number of rotatable bonds is 4. The molecule has 1 heterocycles. The first kappa shape index (κ1) is 26.8. The van der Waals surface area contributed by atoms with Crippen LogP contribution in [0.3, 0.4) is 0 Å². The Balaban J connectivity index is 3.12. The first-order valence-electron chi connectivity index (χ1n) is 9.60. The molecular formula is C20H20F4N4O5S. The molecule has 2 aromatic rings. The highest BCUT2D eigenvalue weighted by Gasteiger charge is 2.41. The minimum atomic E-state index is -5.30. The van der Waals surface area contributed by atoms with Crippen molar-refractivity contribution in [2.45, 2.75) is 33.9 Å². The highest BCUT2D eigenvalue weighted by Crippen LogP contribution is 2.38. The number of nitrogens with zero attached hydrogens (tertiary/aromatic N) is 3. The Labute approximate surface area is 191 Å². The Morgan fingerprint density at radius 3 is 2.21 bits per heavy atom. The van der Waals surface area contributed by atoms with Gasteiger partial charge < -0.3 is 0 Å². The van der Waals surface area contributed by atoms with Crippen molar-refractivity contribution in [2.24, 2.45) is 12.5 Å². The molecule has 1 aromatic heterocycles. The van der Waals surface area contributed by atoms with Crippen LogP contribution in [0, 0.1) is 22.6 Å². The zero-order valence-electron chi connectivity index (χ0n) is 18.7. The van der Waals surface area contributed by atoms with Gasteiger partial charge in [-0.25, -0.2) is 21.9 Å². The zero-order chi connectivity index (χ0) is 26.4. The van der Waals surface area contributed by atoms with E-state index in [2.05, 4.69) is 0 Å². The zero-order valence-corrected chi connectivity index (χ0v) is 19.5. The number of carbonyl (C=O) groups excluding carboxylic acids is 1. The summed E-state index contributed by atoms with van der Waals surface area (Å²) in [6, 6.07) is 2.45. The summed E-state index contributed by atoms with van der Waals surface area (Å²) >= 11 is 0. The average molecular weight is 504 g/mol. The maximum Gasteiger partial charge on any atom is 0.432 e. The number of halogens is 4. The topological polar surface area (TPSA) is 133 Å². The van der Waals surface area contributed by atoms with E-state index in [-0.39, 0.29) is 8.87 Å². The number of hydrogen-bond donors (Lipinski definition) is 1. The fraction of sp³-hybridized carbons (Fsp3) is 0.400. The van der Waals surface area contributed by atoms with Gasteiger partial charge in [0.2, 0.25) is 15.9 Å². The van der Waals surface area contributed by atoms with Crippen LogP contribution in [0.2, 0.25) is 0 Å². The quantitative estimate of drug-likeness (QED) is 0.636. The third-order valence-electron chi connectivity index (χ3n) is 4.76. The van der Waals surface area contributed by atoms with Gasteiger partial charge in [-0.2, -0.15) is 18.4 Å². The number of sulfonamides is 1. The van der Waals surface area contributed by atoms with Crippen LogP contribution in [0.1, 0.15) is 39.0 Å². The number of hydrogen-bond acceptors (Lipinski definition) is 6. The Morgan fingerprint density at radius 2 is 1.76 bits per heavy atom. The number of nitrogens with one attached hydrogen (secondary N) is 1. The average Bonchev–Trinajstić information content (AvgIpc) is 2.69. The fourth-order valence-electron chi connectivity index (χ4n) is 3.03. The molecule has 0 spiro atoms. The van der Waals surface area contributed by atoms with Gasteiger partial charge in [-0.05, 0) is 19.1 Å². The predicted octanol–water partition coefficient (Wildman–Crippen LogP) is 2.50. The van der Waals surface area contributed by atoms with E-state index >= 15 is 0 Å². The van der Waals surface area contributed by atoms with Gasteiger partial charge in [0.15, 0.2) is 0 Å². The number of aromatic nitrogens is 2. The SMILES string of the molecule is CCS(=O)(=O)N(C(=O)C(C)(C)C)c1cc(-c2c(C(F)(F)F)n(C)c(=O)[nH]c2=O)c(F)cc1C#N. The van der Waals surface area contributed by atoms with E-state index in [1.807, 2.05) is 0 Å². The number of anilines is 1. The lowest BCUT2D eigenvalue weighted by atomic mass is 9.94. The number of alkyl halides is 3. The van der Waals surface area contributed by atoms with Crippen molar-refractivity contribution in [1.82, 2.24) is 9.55 Å². The summed E-state index contributed by atoms with van der Waals surface area (Å²) in [7, 11) is -3.76. The van der Waals surface area contributed by atoms with Gasteiger partial charge in [-0.1, -0.05) is 20.8 Å². The Bertz CT molecular complexity index is 1430. The van der Waals surface area contributed by atoms with Crippen LogP contribution in [0.4, 0.5) is 23.2 Å². The van der Waals surface area contributed by atoms with E-state index in [9.17, 15) is 45.6 Å². The molecule has 0 aliphatic heterocycles. The number of amides is 1. The summed E-state index contributed by atoms with van der Waals surface area (Å²) < 4.78 is 82.1. The van der Waals surface area contributed by atoms with Crippen molar-refractivity contribution < 1.29 is 30.8 Å². The van der Waals surface area contributed by atoms with E-state index in [1.165, 1.54) is 33.8 Å². The van der Waals surface area contributed by atoms with Gasteiger partial charge >= 0.3 is 11.9 Å². The molecule has 184 valence electrons. The third kappa shape index (κ3) is 4.74. The van der Waals surface area contributed by atoms with Gasteiger partial charge in [-0.3, -0.25) is 19.1 Å². The molecule has 2 rings (SSSR count). The highest BCUT2D eigenvalue weighted by atomic mass is 32.2. The van der Waals surface area contributed by atoms with Gasteiger partial charge in [-0.15, -0.1) is 0 Å². The van der Waals surface area contributed by atoms with Crippen LogP contribution in [-0.4, -0.2) is 29.6 Å². The van der Waals surface area contributed by atoms with E-state index in [4.69, 9.17) is 0 Å². The number of nitriles is 1. The molecule has 0 atom stereocenters. The van der Waals surface area contributed by atoms with Crippen molar-refractivity contribution in [3.8, 4) is 17.2 Å². The lowest BCUT2D eigenvalue weighted by Gasteiger charge is -2.29. The second-order valence-corrected chi connectivity index (χ2v) is 10.3. The van der Waals surface area contributed by atoms with Crippen molar-refractivity contribution >= 4 is 21.6 Å². The Kier molecular flexibility index (Phi) is 6.86. The van der Waals surface area contributed by atoms with Crippen molar-refractivity contribution in [3.05, 3.63) is 50.0 Å². The van der Waals surface area contributed by atoms with Crippen LogP contribution in [0.25, 0.3) is 11.1 Å². The lowest BCUT2D eigenvalue weighted by Crippen LogP contribution is -2.44. The summed E-state index contributed by atoms with van der Waals surface area (Å²) in [5.74, 6) is -3.17. The van der Waals surface area contributed by atoms with E-state index in [0.29, 0.717) is 19.2 Å². The molecule has 1 N–H and O–H groups in total. The maximum absolute atomic E-state index is 14.9. The van der Waals surface area contributed by atoms with Crippen molar-refractivity contribution in [2.75, 3.05) is 10.1 Å². The highest BCUT2D eigenvalue weighted by molar-refractivity contribution is 7.93. The second kappa shape index (κ2) is 8.71. The van der Waals surface area contributed by atoms with Gasteiger partial charge in [0.05, 0.1) is 22.6 Å². The van der Waals surface area contributed by atoms with E-state index < -0.39 is 78.4 Å². The molecule has 1 amide bonds. The summed E-state index contributed by atoms with van der Waals surface area (Å²) in [6.07, 6.45) is -5.30. The molecular weight excluding hydrogens is 484 g/mol. The number of aromatic amines is 1. The first-order valence-corrected chi connectivity index (χ1v) is 11.2. The van der Waals surface area contributed by atoms with Gasteiger partial charge in [0.25, 0.3) is 5.56 Å². The molecule has 0 aliphatic rings. The predicted molar refractivity (Wildman–Crippen MR) is 114 cm³/mol. The summed E-state index contributed by atoms with van der Waals surface area (Å²) in [5.41, 5.74) is -9.96. The van der Waals surface area contributed by atoms with E-state index in [1.54, 1.807) is 4.98 Å². The molecule has 1 aromatic carbocycles. The largest absolute Gasteiger partial charge is 0.432 e. The summed E-state index contributed by atoms with van der Waals surface area (Å²) in [5, 5.41) is 9.45. The second-order valence-electron chi connectivity index (χ2n) is 8.22. The summed E-state index contributed by atoms with van der Waals surface area (Å²) in [6.45, 7) is 5.28. The molecule has 0 bridgehead atoms. The molecule has 0 radical (unpaired) electrons. The van der Waals surface area contributed by atoms with Crippen molar-refractivity contribution in [1.29, 1.82) is 5.26 Å². The van der Waals surface area contributed by atoms with E-state index in [0.717, 1.165) is 0 Å². The summed E-state index contributed by atoms with van der Waals surface area (Å²) in [4.78, 5) is 38.8. The van der Waals surface area contributed by atoms with Gasteiger partial charge in [0, 0.05) is 18.0 Å². The number of H-pyrrole nitrogens is 1.